The third kappa shape index (κ3) is 4.88. The Morgan fingerprint density at radius 1 is 1.47 bits per heavy atom. The molecule has 1 heterocycles. The highest BCUT2D eigenvalue weighted by atomic mass is 16.3. The summed E-state index contributed by atoms with van der Waals surface area (Å²) in [6, 6.07) is 2.09. The molecule has 0 spiro atoms. The molecule has 4 heteroatoms. The van der Waals surface area contributed by atoms with E-state index in [1.165, 1.54) is 5.69 Å². The number of aliphatic hydroxyl groups is 1. The monoisotopic (exact) mass is 239 g/mol. The lowest BCUT2D eigenvalue weighted by Crippen LogP contribution is -2.28. The predicted molar refractivity (Wildman–Crippen MR) is 69.8 cm³/mol. The largest absolute Gasteiger partial charge is 0.392 e. The highest BCUT2D eigenvalue weighted by Crippen LogP contribution is 2.05. The number of aromatic nitrogens is 2. The van der Waals surface area contributed by atoms with E-state index in [4.69, 9.17) is 0 Å². The lowest BCUT2D eigenvalue weighted by atomic mass is 10.1. The van der Waals surface area contributed by atoms with Gasteiger partial charge >= 0.3 is 0 Å². The van der Waals surface area contributed by atoms with Crippen molar-refractivity contribution >= 4 is 0 Å². The molecule has 0 aliphatic rings. The third-order valence-corrected chi connectivity index (χ3v) is 2.71. The molecule has 0 aliphatic carbocycles. The zero-order valence-electron chi connectivity index (χ0n) is 11.4. The van der Waals surface area contributed by atoms with Gasteiger partial charge in [-0.1, -0.05) is 13.8 Å². The van der Waals surface area contributed by atoms with Gasteiger partial charge in [0.1, 0.15) is 0 Å². The maximum absolute atomic E-state index is 9.74. The van der Waals surface area contributed by atoms with Crippen molar-refractivity contribution < 1.29 is 5.11 Å². The summed E-state index contributed by atoms with van der Waals surface area (Å²) in [6.07, 6.45) is 0.591. The number of nitrogens with zero attached hydrogens (tertiary/aromatic N) is 2. The molecule has 1 aromatic heterocycles. The molecule has 1 rings (SSSR count). The Morgan fingerprint density at radius 3 is 2.76 bits per heavy atom. The fourth-order valence-electron chi connectivity index (χ4n) is 2.01. The van der Waals surface area contributed by atoms with Gasteiger partial charge in [-0.25, -0.2) is 0 Å². The molecule has 0 saturated carbocycles. The van der Waals surface area contributed by atoms with Crippen molar-refractivity contribution in [2.24, 2.45) is 5.92 Å². The summed E-state index contributed by atoms with van der Waals surface area (Å²) in [4.78, 5) is 0. The highest BCUT2D eigenvalue weighted by molar-refractivity contribution is 5.08. The minimum Gasteiger partial charge on any atom is -0.392 e. The molecule has 0 bridgehead atoms. The smallest absolute Gasteiger partial charge is 0.0667 e. The van der Waals surface area contributed by atoms with Crippen LogP contribution in [0.25, 0.3) is 0 Å². The van der Waals surface area contributed by atoms with Crippen LogP contribution in [0.4, 0.5) is 0 Å². The number of rotatable bonds is 7. The first-order chi connectivity index (χ1) is 8.02. The van der Waals surface area contributed by atoms with E-state index in [1.807, 2.05) is 11.6 Å². The van der Waals surface area contributed by atoms with Crippen LogP contribution in [0.5, 0.6) is 0 Å². The van der Waals surface area contributed by atoms with Crippen molar-refractivity contribution in [1.29, 1.82) is 0 Å². The lowest BCUT2D eigenvalue weighted by Gasteiger charge is -2.14. The van der Waals surface area contributed by atoms with Crippen LogP contribution in [-0.2, 0) is 13.1 Å². The van der Waals surface area contributed by atoms with Crippen molar-refractivity contribution in [3.8, 4) is 0 Å². The third-order valence-electron chi connectivity index (χ3n) is 2.71. The number of nitrogens with one attached hydrogen (secondary N) is 1. The van der Waals surface area contributed by atoms with E-state index in [-0.39, 0.29) is 6.10 Å². The Balaban J connectivity index is 2.35. The normalized spacial score (nSPS) is 13.3. The van der Waals surface area contributed by atoms with E-state index in [1.54, 1.807) is 0 Å². The second-order valence-electron chi connectivity index (χ2n) is 5.01. The van der Waals surface area contributed by atoms with Crippen molar-refractivity contribution in [3.63, 3.8) is 0 Å². The molecule has 4 nitrogen and oxygen atoms in total. The number of hydrogen-bond donors (Lipinski definition) is 2. The molecular weight excluding hydrogens is 214 g/mol. The number of aryl methyl sites for hydroxylation is 2. The Morgan fingerprint density at radius 2 is 2.18 bits per heavy atom. The van der Waals surface area contributed by atoms with Gasteiger partial charge in [0.25, 0.3) is 0 Å². The Bertz CT molecular complexity index is 333. The molecule has 0 radical (unpaired) electrons. The van der Waals surface area contributed by atoms with Crippen LogP contribution in [0, 0.1) is 12.8 Å². The van der Waals surface area contributed by atoms with Crippen molar-refractivity contribution in [1.82, 2.24) is 15.1 Å². The molecule has 0 aliphatic heterocycles. The molecule has 98 valence electrons. The van der Waals surface area contributed by atoms with Crippen molar-refractivity contribution in [2.45, 2.75) is 53.3 Å². The van der Waals surface area contributed by atoms with Crippen LogP contribution in [0.15, 0.2) is 6.07 Å². The molecule has 1 atom stereocenters. The molecular formula is C13H25N3O. The standard InChI is InChI=1S/C13H25N3O/c1-5-16-12(7-11(4)15-16)8-14-9-13(17)6-10(2)3/h7,10,13-14,17H,5-6,8-9H2,1-4H3. The van der Waals surface area contributed by atoms with Gasteiger partial charge in [0.2, 0.25) is 0 Å². The fourth-order valence-corrected chi connectivity index (χ4v) is 2.01. The quantitative estimate of drug-likeness (QED) is 0.761. The van der Waals surface area contributed by atoms with Crippen LogP contribution in [0.2, 0.25) is 0 Å². The van der Waals surface area contributed by atoms with E-state index >= 15 is 0 Å². The summed E-state index contributed by atoms with van der Waals surface area (Å²) >= 11 is 0. The number of aliphatic hydroxyl groups excluding tert-OH is 1. The predicted octanol–water partition coefficient (Wildman–Crippen LogP) is 1.71. The van der Waals surface area contributed by atoms with Crippen LogP contribution in [0.1, 0.15) is 38.6 Å². The highest BCUT2D eigenvalue weighted by Gasteiger charge is 2.08. The minimum absolute atomic E-state index is 0.255. The van der Waals surface area contributed by atoms with E-state index in [0.29, 0.717) is 12.5 Å². The summed E-state index contributed by atoms with van der Waals surface area (Å²) < 4.78 is 2.00. The lowest BCUT2D eigenvalue weighted by molar-refractivity contribution is 0.146. The van der Waals surface area contributed by atoms with Gasteiger partial charge in [-0.2, -0.15) is 5.10 Å². The minimum atomic E-state index is -0.255. The van der Waals surface area contributed by atoms with Gasteiger partial charge < -0.3 is 10.4 Å². The van der Waals surface area contributed by atoms with Crippen molar-refractivity contribution in [2.75, 3.05) is 6.54 Å². The van der Waals surface area contributed by atoms with Gasteiger partial charge in [0.05, 0.1) is 17.5 Å². The molecule has 1 unspecified atom stereocenters. The van der Waals surface area contributed by atoms with Crippen LogP contribution in [-0.4, -0.2) is 27.5 Å². The van der Waals surface area contributed by atoms with Gasteiger partial charge in [-0.15, -0.1) is 0 Å². The van der Waals surface area contributed by atoms with Gasteiger partial charge in [0, 0.05) is 19.6 Å². The Hall–Kier alpha value is -0.870. The van der Waals surface area contributed by atoms with Gasteiger partial charge in [-0.3, -0.25) is 4.68 Å². The van der Waals surface area contributed by atoms with Crippen LogP contribution in [0.3, 0.4) is 0 Å². The van der Waals surface area contributed by atoms with E-state index in [2.05, 4.69) is 37.3 Å². The average molecular weight is 239 g/mol. The Kier molecular flexibility index (Phi) is 5.65. The van der Waals surface area contributed by atoms with E-state index < -0.39 is 0 Å². The average Bonchev–Trinajstić information content (AvgIpc) is 2.57. The summed E-state index contributed by atoms with van der Waals surface area (Å²) in [5.41, 5.74) is 2.23. The van der Waals surface area contributed by atoms with E-state index in [9.17, 15) is 5.11 Å². The first kappa shape index (κ1) is 14.2. The molecule has 0 amide bonds. The van der Waals surface area contributed by atoms with Crippen LogP contribution >= 0.6 is 0 Å². The van der Waals surface area contributed by atoms with E-state index in [0.717, 1.165) is 25.2 Å². The maximum Gasteiger partial charge on any atom is 0.0667 e. The molecule has 0 aromatic carbocycles. The zero-order valence-corrected chi connectivity index (χ0v) is 11.4. The summed E-state index contributed by atoms with van der Waals surface area (Å²) in [5.74, 6) is 0.537. The first-order valence-corrected chi connectivity index (χ1v) is 6.45. The zero-order chi connectivity index (χ0) is 12.8. The summed E-state index contributed by atoms with van der Waals surface area (Å²) in [7, 11) is 0. The maximum atomic E-state index is 9.74. The number of hydrogen-bond acceptors (Lipinski definition) is 3. The van der Waals surface area contributed by atoms with Crippen LogP contribution < -0.4 is 5.32 Å². The fraction of sp³-hybridized carbons (Fsp3) is 0.769. The second-order valence-corrected chi connectivity index (χ2v) is 5.01. The molecule has 0 saturated heterocycles. The SMILES string of the molecule is CCn1nc(C)cc1CNCC(O)CC(C)C. The molecule has 1 aromatic rings. The Labute approximate surface area is 104 Å². The summed E-state index contributed by atoms with van der Waals surface area (Å²) in [5, 5.41) is 17.4. The first-order valence-electron chi connectivity index (χ1n) is 6.45. The molecule has 17 heavy (non-hydrogen) atoms. The topological polar surface area (TPSA) is 50.1 Å². The van der Waals surface area contributed by atoms with Crippen molar-refractivity contribution in [3.05, 3.63) is 17.5 Å². The molecule has 2 N–H and O–H groups in total. The molecule has 0 fully saturated rings. The van der Waals surface area contributed by atoms with Gasteiger partial charge in [-0.05, 0) is 32.3 Å². The van der Waals surface area contributed by atoms with Gasteiger partial charge in [0.15, 0.2) is 0 Å². The second kappa shape index (κ2) is 6.77. The summed E-state index contributed by atoms with van der Waals surface area (Å²) in [6.45, 7) is 10.6.